The summed E-state index contributed by atoms with van der Waals surface area (Å²) >= 11 is 3.45. The number of amides is 2. The number of rotatable bonds is 7. The summed E-state index contributed by atoms with van der Waals surface area (Å²) in [7, 11) is 3.89. The van der Waals surface area contributed by atoms with Gasteiger partial charge in [-0.25, -0.2) is 5.43 Å². The normalized spacial score (nSPS) is 12.5. The maximum Gasteiger partial charge on any atom is 0.287 e. The first-order valence-corrected chi connectivity index (χ1v) is 11.5. The molecule has 0 saturated heterocycles. The van der Waals surface area contributed by atoms with Crippen molar-refractivity contribution in [2.24, 2.45) is 5.10 Å². The number of carbonyl (C=O) groups is 2. The molecule has 0 saturated carbocycles. The van der Waals surface area contributed by atoms with Gasteiger partial charge in [-0.05, 0) is 64.0 Å². The van der Waals surface area contributed by atoms with E-state index in [2.05, 4.69) is 31.8 Å². The molecule has 1 heterocycles. The maximum absolute atomic E-state index is 13.0. The number of halogens is 1. The Morgan fingerprint density at radius 1 is 1.00 bits per heavy atom. The molecule has 3 aromatic carbocycles. The van der Waals surface area contributed by atoms with Gasteiger partial charge in [-0.2, -0.15) is 5.10 Å². The molecule has 0 bridgehead atoms. The van der Waals surface area contributed by atoms with Gasteiger partial charge in [-0.3, -0.25) is 9.59 Å². The van der Waals surface area contributed by atoms with Crippen molar-refractivity contribution >= 4 is 45.7 Å². The van der Waals surface area contributed by atoms with Gasteiger partial charge in [0.15, 0.2) is 11.5 Å². The molecule has 0 aromatic heterocycles. The van der Waals surface area contributed by atoms with Crippen molar-refractivity contribution in [2.75, 3.05) is 25.8 Å². The fraction of sp³-hybridized carbons (Fsp3) is 0.115. The van der Waals surface area contributed by atoms with Crippen LogP contribution in [0.1, 0.15) is 21.5 Å². The van der Waals surface area contributed by atoms with Crippen molar-refractivity contribution in [3.63, 3.8) is 0 Å². The molecular formula is C26H23BrN4O4. The van der Waals surface area contributed by atoms with Crippen molar-refractivity contribution in [1.82, 2.24) is 10.7 Å². The van der Waals surface area contributed by atoms with Crippen LogP contribution in [0.25, 0.3) is 6.08 Å². The van der Waals surface area contributed by atoms with Crippen LogP contribution in [-0.2, 0) is 4.79 Å². The van der Waals surface area contributed by atoms with E-state index in [0.29, 0.717) is 22.6 Å². The Hall–Kier alpha value is -4.11. The number of hydrogen-bond acceptors (Lipinski definition) is 6. The van der Waals surface area contributed by atoms with Crippen molar-refractivity contribution in [3.05, 3.63) is 93.6 Å². The molecule has 1 aliphatic heterocycles. The highest BCUT2D eigenvalue weighted by atomic mass is 79.9. The summed E-state index contributed by atoms with van der Waals surface area (Å²) in [5.41, 5.74) is 5.41. The molecule has 0 fully saturated rings. The largest absolute Gasteiger partial charge is 0.454 e. The fourth-order valence-corrected chi connectivity index (χ4v) is 3.66. The van der Waals surface area contributed by atoms with Crippen LogP contribution in [0, 0.1) is 0 Å². The van der Waals surface area contributed by atoms with Gasteiger partial charge in [0.25, 0.3) is 11.8 Å². The van der Waals surface area contributed by atoms with Crippen LogP contribution in [-0.4, -0.2) is 38.9 Å². The number of carbonyl (C=O) groups excluding carboxylic acids is 2. The van der Waals surface area contributed by atoms with Crippen LogP contribution in [0.5, 0.6) is 11.5 Å². The second-order valence-corrected chi connectivity index (χ2v) is 8.64. The number of hydrazone groups is 1. The van der Waals surface area contributed by atoms with Crippen LogP contribution >= 0.6 is 15.9 Å². The van der Waals surface area contributed by atoms with Crippen LogP contribution < -0.4 is 25.1 Å². The summed E-state index contributed by atoms with van der Waals surface area (Å²) in [6.45, 7) is 0.157. The minimum absolute atomic E-state index is 0.0540. The Morgan fingerprint density at radius 3 is 2.37 bits per heavy atom. The highest BCUT2D eigenvalue weighted by molar-refractivity contribution is 9.10. The number of hydrogen-bond donors (Lipinski definition) is 2. The molecule has 0 radical (unpaired) electrons. The summed E-state index contributed by atoms with van der Waals surface area (Å²) in [5, 5.41) is 6.75. The zero-order valence-electron chi connectivity index (χ0n) is 19.1. The van der Waals surface area contributed by atoms with Crippen LogP contribution in [0.3, 0.4) is 0 Å². The van der Waals surface area contributed by atoms with Gasteiger partial charge in [0.1, 0.15) is 5.70 Å². The molecule has 4 rings (SSSR count). The summed E-state index contributed by atoms with van der Waals surface area (Å²) in [6, 6.07) is 19.8. The number of nitrogens with zero attached hydrogens (tertiary/aromatic N) is 2. The lowest BCUT2D eigenvalue weighted by Gasteiger charge is -2.12. The third-order valence-electron chi connectivity index (χ3n) is 5.11. The molecule has 2 amide bonds. The molecule has 0 unspecified atom stereocenters. The van der Waals surface area contributed by atoms with Crippen molar-refractivity contribution in [2.45, 2.75) is 0 Å². The molecule has 178 valence electrons. The SMILES string of the molecule is CN(C)c1ccc(/C=C(\NC(=O)c2ccccc2)C(=O)N/N=C/c2cc3c(cc2Br)OCO3)cc1. The smallest absolute Gasteiger partial charge is 0.287 e. The molecule has 9 heteroatoms. The third-order valence-corrected chi connectivity index (χ3v) is 5.80. The van der Waals surface area contributed by atoms with E-state index in [1.54, 1.807) is 42.5 Å². The van der Waals surface area contributed by atoms with Gasteiger partial charge in [0, 0.05) is 35.4 Å². The van der Waals surface area contributed by atoms with Crippen molar-refractivity contribution < 1.29 is 19.1 Å². The minimum atomic E-state index is -0.570. The van der Waals surface area contributed by atoms with Gasteiger partial charge in [-0.15, -0.1) is 0 Å². The number of ether oxygens (including phenoxy) is 2. The molecule has 0 spiro atoms. The van der Waals surface area contributed by atoms with E-state index in [0.717, 1.165) is 15.7 Å². The monoisotopic (exact) mass is 534 g/mol. The van der Waals surface area contributed by atoms with Crippen LogP contribution in [0.2, 0.25) is 0 Å². The number of nitrogens with one attached hydrogen (secondary N) is 2. The van der Waals surface area contributed by atoms with Crippen LogP contribution in [0.15, 0.2) is 82.0 Å². The first-order valence-electron chi connectivity index (χ1n) is 10.7. The van der Waals surface area contributed by atoms with Gasteiger partial charge < -0.3 is 19.7 Å². The van der Waals surface area contributed by atoms with Crippen molar-refractivity contribution in [1.29, 1.82) is 0 Å². The van der Waals surface area contributed by atoms with Gasteiger partial charge in [-0.1, -0.05) is 30.3 Å². The lowest BCUT2D eigenvalue weighted by molar-refractivity contribution is -0.117. The van der Waals surface area contributed by atoms with E-state index in [4.69, 9.17) is 9.47 Å². The maximum atomic E-state index is 13.0. The second kappa shape index (κ2) is 10.9. The average Bonchev–Trinajstić information content (AvgIpc) is 3.31. The molecule has 3 aromatic rings. The predicted octanol–water partition coefficient (Wildman–Crippen LogP) is 4.17. The summed E-state index contributed by atoms with van der Waals surface area (Å²) in [6.07, 6.45) is 3.08. The van der Waals surface area contributed by atoms with E-state index >= 15 is 0 Å². The second-order valence-electron chi connectivity index (χ2n) is 7.79. The molecule has 8 nitrogen and oxygen atoms in total. The summed E-state index contributed by atoms with van der Waals surface area (Å²) < 4.78 is 11.5. The first kappa shape index (κ1) is 24.0. The van der Waals surface area contributed by atoms with Crippen molar-refractivity contribution in [3.8, 4) is 11.5 Å². The Bertz CT molecular complexity index is 1290. The third kappa shape index (κ3) is 6.07. The number of benzene rings is 3. The van der Waals surface area contributed by atoms with E-state index in [1.807, 2.05) is 49.3 Å². The molecular weight excluding hydrogens is 512 g/mol. The minimum Gasteiger partial charge on any atom is -0.454 e. The quantitative estimate of drug-likeness (QED) is 0.269. The topological polar surface area (TPSA) is 92.3 Å². The number of anilines is 1. The van der Waals surface area contributed by atoms with Crippen LogP contribution in [0.4, 0.5) is 5.69 Å². The zero-order chi connectivity index (χ0) is 24.8. The van der Waals surface area contributed by atoms with E-state index in [1.165, 1.54) is 6.21 Å². The van der Waals surface area contributed by atoms with Gasteiger partial charge >= 0.3 is 0 Å². The van der Waals surface area contributed by atoms with Gasteiger partial charge in [0.2, 0.25) is 6.79 Å². The predicted molar refractivity (Wildman–Crippen MR) is 139 cm³/mol. The molecule has 0 aliphatic carbocycles. The Balaban J connectivity index is 1.54. The van der Waals surface area contributed by atoms with Gasteiger partial charge in [0.05, 0.1) is 6.21 Å². The highest BCUT2D eigenvalue weighted by Gasteiger charge is 2.17. The molecule has 35 heavy (non-hydrogen) atoms. The average molecular weight is 535 g/mol. The zero-order valence-corrected chi connectivity index (χ0v) is 20.7. The Labute approximate surface area is 211 Å². The van der Waals surface area contributed by atoms with E-state index in [9.17, 15) is 9.59 Å². The Morgan fingerprint density at radius 2 is 1.69 bits per heavy atom. The number of fused-ring (bicyclic) bond motifs is 1. The van der Waals surface area contributed by atoms with E-state index < -0.39 is 11.8 Å². The summed E-state index contributed by atoms with van der Waals surface area (Å²) in [5.74, 6) is 0.253. The fourth-order valence-electron chi connectivity index (χ4n) is 3.23. The highest BCUT2D eigenvalue weighted by Crippen LogP contribution is 2.36. The van der Waals surface area contributed by atoms with E-state index in [-0.39, 0.29) is 12.5 Å². The molecule has 1 aliphatic rings. The standard InChI is InChI=1S/C26H23BrN4O4/c1-31(2)20-10-8-17(9-11-20)12-22(29-25(32)18-6-4-3-5-7-18)26(33)30-28-15-19-13-23-24(14-21(19)27)35-16-34-23/h3-15H,16H2,1-2H3,(H,29,32)(H,30,33)/b22-12-,28-15+. The summed E-state index contributed by atoms with van der Waals surface area (Å²) in [4.78, 5) is 27.7. The lowest BCUT2D eigenvalue weighted by Crippen LogP contribution is -2.32. The molecule has 0 atom stereocenters. The Kier molecular flexibility index (Phi) is 7.47. The first-order chi connectivity index (χ1) is 16.9. The molecule has 2 N–H and O–H groups in total. The lowest BCUT2D eigenvalue weighted by atomic mass is 10.1.